The molecule has 0 saturated carbocycles. The van der Waals surface area contributed by atoms with E-state index in [1.807, 2.05) is 0 Å². The van der Waals surface area contributed by atoms with Crippen molar-refractivity contribution in [3.05, 3.63) is 0 Å². The molecule has 0 aliphatic heterocycles. The molecule has 262 valence electrons. The van der Waals surface area contributed by atoms with E-state index in [4.69, 9.17) is 0 Å². The minimum atomic E-state index is -6.98. The average molecular weight is 760 g/mol. The van der Waals surface area contributed by atoms with Gasteiger partial charge in [0.2, 0.25) is 0 Å². The van der Waals surface area contributed by atoms with Crippen molar-refractivity contribution in [3.8, 4) is 0 Å². The maximum absolute atomic E-state index is 11.3. The van der Waals surface area contributed by atoms with Crippen LogP contribution < -0.4 is 15.3 Å². The predicted octanol–water partition coefficient (Wildman–Crippen LogP) is 5.31. The van der Waals surface area contributed by atoms with Crippen LogP contribution in [0.15, 0.2) is 0 Å². The summed E-state index contributed by atoms with van der Waals surface area (Å²) in [6.45, 7) is 0. The maximum Gasteiger partial charge on any atom is 3.00 e. The fraction of sp³-hybridized carbons (Fsp3) is 1.00. The Bertz CT molecular complexity index is 632. The van der Waals surface area contributed by atoms with Gasteiger partial charge in [-0.3, -0.25) is 0 Å². The van der Waals surface area contributed by atoms with Crippen molar-refractivity contribution in [2.24, 2.45) is 0 Å². The quantitative estimate of drug-likeness (QED) is 0.249. The summed E-state index contributed by atoms with van der Waals surface area (Å²) in [4.78, 5) is 0. The van der Waals surface area contributed by atoms with Crippen LogP contribution in [-0.2, 0) is 17.1 Å². The zero-order valence-corrected chi connectivity index (χ0v) is 19.0. The fourth-order valence-electron chi connectivity index (χ4n) is 1.45. The zero-order valence-electron chi connectivity index (χ0n) is 17.8. The van der Waals surface area contributed by atoms with Crippen molar-refractivity contribution in [2.45, 2.75) is 72.4 Å². The zero-order chi connectivity index (χ0) is 36.0. The van der Waals surface area contributed by atoms with Crippen LogP contribution in [0.25, 0.3) is 0 Å². The van der Waals surface area contributed by atoms with Gasteiger partial charge in [0.05, 0.1) is 0 Å². The van der Waals surface area contributed by atoms with Gasteiger partial charge >= 0.3 is 72.7 Å². The number of halogens is 27. The van der Waals surface area contributed by atoms with Crippen molar-refractivity contribution in [1.82, 2.24) is 0 Å². The van der Waals surface area contributed by atoms with Gasteiger partial charge in [0.25, 0.3) is 0 Å². The van der Waals surface area contributed by atoms with Gasteiger partial charge in [-0.25, -0.2) is 0 Å². The van der Waals surface area contributed by atoms with Gasteiger partial charge in [-0.15, -0.1) is 0 Å². The van der Waals surface area contributed by atoms with E-state index >= 15 is 0 Å². The molecular formula is C12F27MnO3. The van der Waals surface area contributed by atoms with E-state index in [1.54, 1.807) is 0 Å². The van der Waals surface area contributed by atoms with Crippen LogP contribution in [-0.4, -0.2) is 72.4 Å². The largest absolute Gasteiger partial charge is 3.00 e. The number of hydrogen-bond donors (Lipinski definition) is 0. The molecule has 0 aliphatic rings. The molecule has 0 bridgehead atoms. The van der Waals surface area contributed by atoms with Gasteiger partial charge < -0.3 is 15.3 Å². The fourth-order valence-corrected chi connectivity index (χ4v) is 1.45. The molecule has 0 rings (SSSR count). The Morgan fingerprint density at radius 1 is 0.186 bits per heavy atom. The van der Waals surface area contributed by atoms with Gasteiger partial charge in [-0.1, -0.05) is 0 Å². The summed E-state index contributed by atoms with van der Waals surface area (Å²) < 4.78 is 306. The SMILES string of the molecule is [Mn+3].[O-]C(C(F)(F)F)(C(F)(F)F)C(F)(F)F.[O-]C(C(F)(F)F)(C(F)(F)F)C(F)(F)F.[O-]C(C(F)(F)F)(C(F)(F)F)C(F)(F)F. The molecule has 0 unspecified atom stereocenters. The summed E-state index contributed by atoms with van der Waals surface area (Å²) in [7, 11) is 0. The Morgan fingerprint density at radius 3 is 0.233 bits per heavy atom. The van der Waals surface area contributed by atoms with Crippen LogP contribution >= 0.6 is 0 Å². The molecule has 0 N–H and O–H groups in total. The summed E-state index contributed by atoms with van der Waals surface area (Å²) in [6.07, 6.45) is -62.8. The molecule has 0 atom stereocenters. The Kier molecular flexibility index (Phi) is 14.3. The molecule has 0 aliphatic carbocycles. The monoisotopic (exact) mass is 760 g/mol. The van der Waals surface area contributed by atoms with Crippen molar-refractivity contribution in [3.63, 3.8) is 0 Å². The first-order chi connectivity index (χ1) is 17.2. The van der Waals surface area contributed by atoms with E-state index in [-0.39, 0.29) is 17.1 Å². The molecule has 43 heavy (non-hydrogen) atoms. The third-order valence-corrected chi connectivity index (χ3v) is 3.59. The minimum absolute atomic E-state index is 0. The number of alkyl halides is 27. The topological polar surface area (TPSA) is 69.2 Å². The molecule has 0 spiro atoms. The molecule has 3 nitrogen and oxygen atoms in total. The van der Waals surface area contributed by atoms with Gasteiger partial charge in [0.15, 0.2) is 16.8 Å². The van der Waals surface area contributed by atoms with Crippen LogP contribution in [0, 0.1) is 0 Å². The van der Waals surface area contributed by atoms with E-state index in [1.165, 1.54) is 0 Å². The minimum Gasteiger partial charge on any atom is -0.830 e. The van der Waals surface area contributed by atoms with E-state index in [9.17, 15) is 134 Å². The second-order valence-electron chi connectivity index (χ2n) is 6.52. The van der Waals surface area contributed by atoms with Crippen LogP contribution in [0.4, 0.5) is 119 Å². The van der Waals surface area contributed by atoms with E-state index in [2.05, 4.69) is 0 Å². The molecular weight excluding hydrogens is 760 g/mol. The molecule has 0 aromatic rings. The predicted molar refractivity (Wildman–Crippen MR) is 62.7 cm³/mol. The molecule has 0 aromatic heterocycles. The Labute approximate surface area is 224 Å². The summed E-state index contributed by atoms with van der Waals surface area (Å²) >= 11 is 0. The van der Waals surface area contributed by atoms with Crippen molar-refractivity contribution < 1.29 is 151 Å². The number of rotatable bonds is 0. The summed E-state index contributed by atoms with van der Waals surface area (Å²) in [5.41, 5.74) is -20.8. The standard InChI is InChI=1S/3C4F9O.Mn/c3*5-2(6,7)1(14,3(8,9)10)4(11,12)13;/q3*-1;+3. The van der Waals surface area contributed by atoms with Gasteiger partial charge in [-0.05, 0) is 0 Å². The smallest absolute Gasteiger partial charge is 0.830 e. The molecule has 0 saturated heterocycles. The van der Waals surface area contributed by atoms with Crippen LogP contribution in [0.5, 0.6) is 0 Å². The summed E-state index contributed by atoms with van der Waals surface area (Å²) in [5.74, 6) is 0. The van der Waals surface area contributed by atoms with E-state index in [0.29, 0.717) is 0 Å². The first kappa shape index (κ1) is 48.4. The first-order valence-electron chi connectivity index (χ1n) is 7.96. The molecule has 31 heteroatoms. The van der Waals surface area contributed by atoms with Crippen LogP contribution in [0.2, 0.25) is 0 Å². The normalized spacial score (nSPS) is 15.5. The Morgan fingerprint density at radius 2 is 0.233 bits per heavy atom. The molecule has 0 amide bonds. The van der Waals surface area contributed by atoms with Gasteiger partial charge in [0, 0.05) is 0 Å². The average Bonchev–Trinajstić information content (AvgIpc) is 2.58. The molecule has 0 heterocycles. The van der Waals surface area contributed by atoms with Gasteiger partial charge in [-0.2, -0.15) is 119 Å². The van der Waals surface area contributed by atoms with E-state index in [0.717, 1.165) is 0 Å². The van der Waals surface area contributed by atoms with Gasteiger partial charge in [0.1, 0.15) is 0 Å². The Hall–Kier alpha value is -1.49. The van der Waals surface area contributed by atoms with Crippen molar-refractivity contribution >= 4 is 0 Å². The summed E-state index contributed by atoms with van der Waals surface area (Å²) in [5, 5.41) is 29.4. The maximum atomic E-state index is 11.3. The Balaban J connectivity index is -0.000000262. The third kappa shape index (κ3) is 9.50. The molecule has 0 radical (unpaired) electrons. The first-order valence-corrected chi connectivity index (χ1v) is 7.96. The van der Waals surface area contributed by atoms with Crippen LogP contribution in [0.3, 0.4) is 0 Å². The molecule has 0 fully saturated rings. The van der Waals surface area contributed by atoms with Crippen molar-refractivity contribution in [2.75, 3.05) is 0 Å². The van der Waals surface area contributed by atoms with E-state index < -0.39 is 72.4 Å². The second kappa shape index (κ2) is 12.7. The second-order valence-corrected chi connectivity index (χ2v) is 6.52. The van der Waals surface area contributed by atoms with Crippen molar-refractivity contribution in [1.29, 1.82) is 0 Å². The third-order valence-electron chi connectivity index (χ3n) is 3.59. The number of hydrogen-bond acceptors (Lipinski definition) is 3. The van der Waals surface area contributed by atoms with Crippen LogP contribution in [0.1, 0.15) is 0 Å². The molecule has 0 aromatic carbocycles. The summed E-state index contributed by atoms with van der Waals surface area (Å²) in [6, 6.07) is 0.